The number of aromatic nitrogens is 1. The van der Waals surface area contributed by atoms with E-state index in [1.165, 1.54) is 13.0 Å². The van der Waals surface area contributed by atoms with Gasteiger partial charge in [-0.1, -0.05) is 35.9 Å². The highest BCUT2D eigenvalue weighted by atomic mass is 35.5. The van der Waals surface area contributed by atoms with E-state index in [2.05, 4.69) is 0 Å². The minimum absolute atomic E-state index is 0.257. The molecule has 0 bridgehead atoms. The molecular weight excluding hydrogens is 353 g/mol. The zero-order valence-corrected chi connectivity index (χ0v) is 15.2. The number of ether oxygens (including phenoxy) is 1. The van der Waals surface area contributed by atoms with Crippen LogP contribution in [0.25, 0.3) is 10.9 Å². The number of aryl methyl sites for hydroxylation is 1. The lowest BCUT2D eigenvalue weighted by Crippen LogP contribution is -2.19. The van der Waals surface area contributed by atoms with E-state index in [4.69, 9.17) is 16.3 Å². The molecule has 1 aliphatic carbocycles. The zero-order chi connectivity index (χ0) is 18.3. The molecule has 1 aromatic heterocycles. The van der Waals surface area contributed by atoms with Crippen LogP contribution in [0.5, 0.6) is 0 Å². The van der Waals surface area contributed by atoms with Crippen LogP contribution < -0.4 is 0 Å². The number of carbonyl (C=O) groups excluding carboxylic acids is 1. The van der Waals surface area contributed by atoms with Crippen molar-refractivity contribution in [3.8, 4) is 0 Å². The molecule has 134 valence electrons. The normalized spacial score (nSPS) is 16.5. The average Bonchev–Trinajstić information content (AvgIpc) is 2.93. The summed E-state index contributed by atoms with van der Waals surface area (Å²) in [5.74, 6) is -0.570. The Morgan fingerprint density at radius 3 is 2.77 bits per heavy atom. The topological polar surface area (TPSA) is 31.2 Å². The van der Waals surface area contributed by atoms with E-state index in [0.29, 0.717) is 17.1 Å². The number of fused-ring (bicyclic) bond motifs is 3. The number of esters is 1. The van der Waals surface area contributed by atoms with E-state index in [0.717, 1.165) is 41.5 Å². The Morgan fingerprint density at radius 1 is 1.27 bits per heavy atom. The summed E-state index contributed by atoms with van der Waals surface area (Å²) in [5, 5.41) is 1.57. The largest absolute Gasteiger partial charge is 0.456 e. The van der Waals surface area contributed by atoms with Crippen LogP contribution in [-0.4, -0.2) is 10.5 Å². The third-order valence-corrected chi connectivity index (χ3v) is 5.19. The molecule has 0 aliphatic heterocycles. The second kappa shape index (κ2) is 6.76. The molecule has 2 aromatic carbocycles. The van der Waals surface area contributed by atoms with Crippen molar-refractivity contribution < 1.29 is 13.9 Å². The summed E-state index contributed by atoms with van der Waals surface area (Å²) < 4.78 is 22.3. The maximum absolute atomic E-state index is 14.7. The minimum Gasteiger partial charge on any atom is -0.456 e. The van der Waals surface area contributed by atoms with Crippen LogP contribution in [-0.2, 0) is 22.5 Å². The maximum atomic E-state index is 14.7. The van der Waals surface area contributed by atoms with Crippen molar-refractivity contribution in [3.63, 3.8) is 0 Å². The highest BCUT2D eigenvalue weighted by Gasteiger charge is 2.30. The second-order valence-electron chi connectivity index (χ2n) is 6.70. The molecule has 1 atom stereocenters. The van der Waals surface area contributed by atoms with Gasteiger partial charge >= 0.3 is 5.97 Å². The number of hydrogen-bond acceptors (Lipinski definition) is 2. The first-order chi connectivity index (χ1) is 12.5. The standard InChI is InChI=1S/C21H19ClFNO2/c1-13(25)26-19-7-3-5-17-16-4-2-6-18(23)20(16)24(21(17)19)12-14-8-10-15(22)11-9-14/h2,4,6,8-11,19H,3,5,7,12H2,1H3. The van der Waals surface area contributed by atoms with Crippen LogP contribution in [0.4, 0.5) is 4.39 Å². The highest BCUT2D eigenvalue weighted by molar-refractivity contribution is 6.30. The Labute approximate surface area is 156 Å². The van der Waals surface area contributed by atoms with Crippen molar-refractivity contribution in [2.75, 3.05) is 0 Å². The molecule has 3 aromatic rings. The molecule has 0 saturated heterocycles. The van der Waals surface area contributed by atoms with Gasteiger partial charge < -0.3 is 9.30 Å². The smallest absolute Gasteiger partial charge is 0.303 e. The van der Waals surface area contributed by atoms with Crippen LogP contribution in [0, 0.1) is 5.82 Å². The summed E-state index contributed by atoms with van der Waals surface area (Å²) in [6, 6.07) is 12.7. The van der Waals surface area contributed by atoms with Crippen LogP contribution in [0.15, 0.2) is 42.5 Å². The second-order valence-corrected chi connectivity index (χ2v) is 7.14. The molecule has 0 saturated carbocycles. The van der Waals surface area contributed by atoms with Gasteiger partial charge in [0, 0.05) is 23.9 Å². The summed E-state index contributed by atoms with van der Waals surface area (Å²) in [5.41, 5.74) is 3.60. The number of para-hydroxylation sites is 1. The Bertz CT molecular complexity index is 978. The average molecular weight is 372 g/mol. The number of benzene rings is 2. The molecule has 4 rings (SSSR count). The molecule has 0 radical (unpaired) electrons. The first kappa shape index (κ1) is 17.1. The van der Waals surface area contributed by atoms with E-state index in [9.17, 15) is 9.18 Å². The molecule has 3 nitrogen and oxygen atoms in total. The molecule has 1 unspecified atom stereocenters. The first-order valence-electron chi connectivity index (χ1n) is 8.75. The molecule has 0 amide bonds. The predicted octanol–water partition coefficient (Wildman–Crippen LogP) is 5.42. The lowest BCUT2D eigenvalue weighted by Gasteiger charge is -2.25. The maximum Gasteiger partial charge on any atom is 0.303 e. The SMILES string of the molecule is CC(=O)OC1CCCc2c1n(Cc1ccc(Cl)cc1)c1c(F)cccc21. The van der Waals surface area contributed by atoms with Crippen molar-refractivity contribution in [2.45, 2.75) is 38.8 Å². The van der Waals surface area contributed by atoms with Gasteiger partial charge in [0.1, 0.15) is 11.9 Å². The van der Waals surface area contributed by atoms with Gasteiger partial charge in [0.15, 0.2) is 0 Å². The van der Waals surface area contributed by atoms with Crippen LogP contribution in [0.1, 0.15) is 42.7 Å². The Hall–Kier alpha value is -2.33. The summed E-state index contributed by atoms with van der Waals surface area (Å²) in [6.07, 6.45) is 2.20. The quantitative estimate of drug-likeness (QED) is 0.575. The molecule has 26 heavy (non-hydrogen) atoms. The lowest BCUT2D eigenvalue weighted by atomic mass is 9.93. The van der Waals surface area contributed by atoms with Crippen LogP contribution in [0.3, 0.4) is 0 Å². The van der Waals surface area contributed by atoms with E-state index in [1.54, 1.807) is 6.07 Å². The van der Waals surface area contributed by atoms with Gasteiger partial charge in [0.2, 0.25) is 0 Å². The zero-order valence-electron chi connectivity index (χ0n) is 14.5. The number of nitrogens with zero attached hydrogens (tertiary/aromatic N) is 1. The minimum atomic E-state index is -0.338. The van der Waals surface area contributed by atoms with Gasteiger partial charge in [-0.25, -0.2) is 4.39 Å². The number of hydrogen-bond donors (Lipinski definition) is 0. The van der Waals surface area contributed by atoms with E-state index >= 15 is 0 Å². The summed E-state index contributed by atoms with van der Waals surface area (Å²) in [6.45, 7) is 1.92. The molecule has 5 heteroatoms. The molecule has 1 heterocycles. The van der Waals surface area contributed by atoms with Gasteiger partial charge in [-0.15, -0.1) is 0 Å². The fourth-order valence-electron chi connectivity index (χ4n) is 3.94. The van der Waals surface area contributed by atoms with Crippen LogP contribution >= 0.6 is 11.6 Å². The van der Waals surface area contributed by atoms with Crippen molar-refractivity contribution in [3.05, 3.63) is 70.1 Å². The predicted molar refractivity (Wildman–Crippen MR) is 99.9 cm³/mol. The molecule has 0 fully saturated rings. The van der Waals surface area contributed by atoms with Crippen molar-refractivity contribution in [1.29, 1.82) is 0 Å². The Morgan fingerprint density at radius 2 is 2.04 bits per heavy atom. The molecule has 0 spiro atoms. The van der Waals surface area contributed by atoms with Gasteiger partial charge in [-0.05, 0) is 48.6 Å². The van der Waals surface area contributed by atoms with E-state index < -0.39 is 0 Å². The molecule has 0 N–H and O–H groups in total. The lowest BCUT2D eigenvalue weighted by molar-refractivity contribution is -0.147. The van der Waals surface area contributed by atoms with Gasteiger partial charge in [-0.2, -0.15) is 0 Å². The molecular formula is C21H19ClFNO2. The first-order valence-corrected chi connectivity index (χ1v) is 9.13. The van der Waals surface area contributed by atoms with Crippen molar-refractivity contribution in [1.82, 2.24) is 4.57 Å². The summed E-state index contributed by atoms with van der Waals surface area (Å²) in [7, 11) is 0. The third-order valence-electron chi connectivity index (χ3n) is 4.94. The number of carbonyl (C=O) groups is 1. The van der Waals surface area contributed by atoms with Crippen LogP contribution in [0.2, 0.25) is 5.02 Å². The third kappa shape index (κ3) is 2.99. The van der Waals surface area contributed by atoms with Crippen molar-refractivity contribution in [2.24, 2.45) is 0 Å². The van der Waals surface area contributed by atoms with Gasteiger partial charge in [0.25, 0.3) is 0 Å². The summed E-state index contributed by atoms with van der Waals surface area (Å²) in [4.78, 5) is 11.6. The Balaban J connectivity index is 1.91. The van der Waals surface area contributed by atoms with Crippen molar-refractivity contribution >= 4 is 28.5 Å². The fraction of sp³-hybridized carbons (Fsp3) is 0.286. The fourth-order valence-corrected chi connectivity index (χ4v) is 4.06. The summed E-state index contributed by atoms with van der Waals surface area (Å²) >= 11 is 5.99. The van der Waals surface area contributed by atoms with Gasteiger partial charge in [0.05, 0.1) is 11.2 Å². The van der Waals surface area contributed by atoms with Gasteiger partial charge in [-0.3, -0.25) is 4.79 Å². The van der Waals surface area contributed by atoms with E-state index in [1.807, 2.05) is 34.9 Å². The monoisotopic (exact) mass is 371 g/mol. The van der Waals surface area contributed by atoms with E-state index in [-0.39, 0.29) is 17.9 Å². The highest BCUT2D eigenvalue weighted by Crippen LogP contribution is 2.40. The molecule has 1 aliphatic rings. The number of rotatable bonds is 3. The Kier molecular flexibility index (Phi) is 4.45. The number of halogens is 2.